The monoisotopic (exact) mass is 432 g/mol. The van der Waals surface area contributed by atoms with Gasteiger partial charge < -0.3 is 14.8 Å². The molecule has 1 aliphatic rings. The fraction of sp³-hybridized carbons (Fsp3) is 0.409. The van der Waals surface area contributed by atoms with Crippen molar-refractivity contribution in [2.75, 3.05) is 23.4 Å². The molecule has 30 heavy (non-hydrogen) atoms. The zero-order chi connectivity index (χ0) is 21.9. The fourth-order valence-corrected chi connectivity index (χ4v) is 4.38. The van der Waals surface area contributed by atoms with Gasteiger partial charge in [-0.3, -0.25) is 9.10 Å². The molecular weight excluding hydrogens is 404 g/mol. The van der Waals surface area contributed by atoms with Gasteiger partial charge in [-0.2, -0.15) is 0 Å². The van der Waals surface area contributed by atoms with Gasteiger partial charge >= 0.3 is 0 Å². The van der Waals surface area contributed by atoms with Gasteiger partial charge in [-0.15, -0.1) is 0 Å². The van der Waals surface area contributed by atoms with Crippen LogP contribution in [0.3, 0.4) is 0 Å². The first kappa shape index (κ1) is 22.0. The van der Waals surface area contributed by atoms with Crippen LogP contribution in [0.4, 0.5) is 5.69 Å². The maximum absolute atomic E-state index is 12.8. The summed E-state index contributed by atoms with van der Waals surface area (Å²) in [4.78, 5) is 12.8. The summed E-state index contributed by atoms with van der Waals surface area (Å²) in [7, 11) is -3.67. The van der Waals surface area contributed by atoms with Crippen LogP contribution >= 0.6 is 0 Å². The first-order valence-electron chi connectivity index (χ1n) is 10.0. The van der Waals surface area contributed by atoms with Crippen LogP contribution in [0, 0.1) is 13.8 Å². The Kier molecular flexibility index (Phi) is 6.55. The Morgan fingerprint density at radius 3 is 2.47 bits per heavy atom. The molecule has 0 unspecified atom stereocenters. The Labute approximate surface area is 178 Å². The molecule has 1 atom stereocenters. The predicted molar refractivity (Wildman–Crippen MR) is 116 cm³/mol. The lowest BCUT2D eigenvalue weighted by Crippen LogP contribution is -2.42. The lowest BCUT2D eigenvalue weighted by atomic mass is 9.99. The number of nitrogens with one attached hydrogen (secondary N) is 1. The second kappa shape index (κ2) is 8.95. The van der Waals surface area contributed by atoms with E-state index >= 15 is 0 Å². The SMILES string of the molecule is CC[C@H](NC(=O)CN(c1ccc2c(c1)OCO2)S(=O)(=O)CC)c1ccc(C)c(C)c1. The third-order valence-electron chi connectivity index (χ3n) is 5.31. The molecule has 1 heterocycles. The maximum atomic E-state index is 12.8. The summed E-state index contributed by atoms with van der Waals surface area (Å²) >= 11 is 0. The highest BCUT2D eigenvalue weighted by molar-refractivity contribution is 7.92. The van der Waals surface area contributed by atoms with E-state index in [0.717, 1.165) is 15.4 Å². The second-order valence-corrected chi connectivity index (χ2v) is 9.50. The maximum Gasteiger partial charge on any atom is 0.241 e. The van der Waals surface area contributed by atoms with Crippen molar-refractivity contribution in [2.45, 2.75) is 40.2 Å². The molecule has 0 aromatic heterocycles. The molecule has 0 bridgehead atoms. The van der Waals surface area contributed by atoms with E-state index in [1.165, 1.54) is 5.56 Å². The highest BCUT2D eigenvalue weighted by Crippen LogP contribution is 2.36. The fourth-order valence-electron chi connectivity index (χ4n) is 3.32. The third-order valence-corrected chi connectivity index (χ3v) is 7.05. The van der Waals surface area contributed by atoms with Crippen LogP contribution in [0.25, 0.3) is 0 Å². The molecule has 162 valence electrons. The van der Waals surface area contributed by atoms with E-state index in [9.17, 15) is 13.2 Å². The van der Waals surface area contributed by atoms with Gasteiger partial charge in [0.05, 0.1) is 17.5 Å². The van der Waals surface area contributed by atoms with Gasteiger partial charge in [0, 0.05) is 6.07 Å². The zero-order valence-corrected chi connectivity index (χ0v) is 18.6. The quantitative estimate of drug-likeness (QED) is 0.691. The Bertz CT molecular complexity index is 1040. The molecular formula is C22H28N2O5S. The summed E-state index contributed by atoms with van der Waals surface area (Å²) in [5.74, 6) is 0.529. The number of amides is 1. The topological polar surface area (TPSA) is 84.9 Å². The van der Waals surface area contributed by atoms with E-state index in [2.05, 4.69) is 11.4 Å². The standard InChI is InChI=1S/C22H28N2O5S/c1-5-19(17-8-7-15(3)16(4)11-17)23-22(25)13-24(30(26,27)6-2)18-9-10-20-21(12-18)29-14-28-20/h7-12,19H,5-6,13-14H2,1-4H3,(H,23,25)/t19-/m0/s1. The number of hydrogen-bond acceptors (Lipinski definition) is 5. The average Bonchev–Trinajstić information content (AvgIpc) is 3.20. The summed E-state index contributed by atoms with van der Waals surface area (Å²) in [5.41, 5.74) is 3.70. The first-order chi connectivity index (χ1) is 14.2. The number of anilines is 1. The summed E-state index contributed by atoms with van der Waals surface area (Å²) in [5, 5.41) is 2.98. The summed E-state index contributed by atoms with van der Waals surface area (Å²) in [6.07, 6.45) is 0.693. The molecule has 2 aromatic rings. The van der Waals surface area contributed by atoms with E-state index in [4.69, 9.17) is 9.47 Å². The van der Waals surface area contributed by atoms with Gasteiger partial charge in [-0.25, -0.2) is 8.42 Å². The van der Waals surface area contributed by atoms with Crippen LogP contribution in [0.2, 0.25) is 0 Å². The molecule has 0 fully saturated rings. The zero-order valence-electron chi connectivity index (χ0n) is 17.8. The molecule has 1 amide bonds. The Hall–Kier alpha value is -2.74. The number of fused-ring (bicyclic) bond motifs is 1. The number of carbonyl (C=O) groups excluding carboxylic acids is 1. The molecule has 0 aliphatic carbocycles. The lowest BCUT2D eigenvalue weighted by molar-refractivity contribution is -0.120. The number of benzene rings is 2. The highest BCUT2D eigenvalue weighted by atomic mass is 32.2. The van der Waals surface area contributed by atoms with Crippen molar-refractivity contribution in [1.82, 2.24) is 5.32 Å². The number of aryl methyl sites for hydroxylation is 2. The van der Waals surface area contributed by atoms with Gasteiger partial charge in [0.25, 0.3) is 0 Å². The first-order valence-corrected chi connectivity index (χ1v) is 11.6. The van der Waals surface area contributed by atoms with Crippen molar-refractivity contribution in [3.05, 3.63) is 53.1 Å². The van der Waals surface area contributed by atoms with E-state index in [0.29, 0.717) is 23.6 Å². The van der Waals surface area contributed by atoms with Crippen LogP contribution < -0.4 is 19.1 Å². The largest absolute Gasteiger partial charge is 0.454 e. The molecule has 2 aromatic carbocycles. The van der Waals surface area contributed by atoms with E-state index < -0.39 is 10.0 Å². The van der Waals surface area contributed by atoms with Gasteiger partial charge in [0.1, 0.15) is 6.54 Å². The van der Waals surface area contributed by atoms with Crippen LogP contribution in [0.5, 0.6) is 11.5 Å². The molecule has 1 N–H and O–H groups in total. The molecule has 0 saturated carbocycles. The van der Waals surface area contributed by atoms with Crippen molar-refractivity contribution in [3.63, 3.8) is 0 Å². The van der Waals surface area contributed by atoms with Crippen LogP contribution in [-0.4, -0.2) is 33.4 Å². The Morgan fingerprint density at radius 2 is 1.80 bits per heavy atom. The minimum absolute atomic E-state index is 0.0912. The van der Waals surface area contributed by atoms with Crippen LogP contribution in [-0.2, 0) is 14.8 Å². The lowest BCUT2D eigenvalue weighted by Gasteiger charge is -2.25. The Morgan fingerprint density at radius 1 is 1.07 bits per heavy atom. The summed E-state index contributed by atoms with van der Waals surface area (Å²) in [6.45, 7) is 7.39. The van der Waals surface area contributed by atoms with Gasteiger partial charge in [0.2, 0.25) is 22.7 Å². The molecule has 0 spiro atoms. The molecule has 3 rings (SSSR count). The van der Waals surface area contributed by atoms with Gasteiger partial charge in [-0.1, -0.05) is 25.1 Å². The van der Waals surface area contributed by atoms with Crippen molar-refractivity contribution in [1.29, 1.82) is 0 Å². The minimum Gasteiger partial charge on any atom is -0.454 e. The number of rotatable bonds is 8. The molecule has 0 saturated heterocycles. The highest BCUT2D eigenvalue weighted by Gasteiger charge is 2.26. The second-order valence-electron chi connectivity index (χ2n) is 7.32. The van der Waals surface area contributed by atoms with Crippen molar-refractivity contribution in [3.8, 4) is 11.5 Å². The molecule has 0 radical (unpaired) electrons. The van der Waals surface area contributed by atoms with Gasteiger partial charge in [0.15, 0.2) is 11.5 Å². The molecule has 1 aliphatic heterocycles. The predicted octanol–water partition coefficient (Wildman–Crippen LogP) is 3.46. The van der Waals surface area contributed by atoms with E-state index in [1.54, 1.807) is 25.1 Å². The van der Waals surface area contributed by atoms with Crippen LogP contribution in [0.1, 0.15) is 43.0 Å². The smallest absolute Gasteiger partial charge is 0.241 e. The number of sulfonamides is 1. The normalized spacial score (nSPS) is 13.7. The van der Waals surface area contributed by atoms with Crippen molar-refractivity contribution >= 4 is 21.6 Å². The molecule has 8 heteroatoms. The van der Waals surface area contributed by atoms with Gasteiger partial charge in [-0.05, 0) is 56.0 Å². The summed E-state index contributed by atoms with van der Waals surface area (Å²) in [6, 6.07) is 10.7. The molecule has 7 nitrogen and oxygen atoms in total. The van der Waals surface area contributed by atoms with E-state index in [1.807, 2.05) is 32.9 Å². The summed E-state index contributed by atoms with van der Waals surface area (Å²) < 4.78 is 37.2. The minimum atomic E-state index is -3.67. The number of ether oxygens (including phenoxy) is 2. The average molecular weight is 433 g/mol. The number of carbonyl (C=O) groups is 1. The number of nitrogens with zero attached hydrogens (tertiary/aromatic N) is 1. The third kappa shape index (κ3) is 4.70. The Balaban J connectivity index is 1.81. The van der Waals surface area contributed by atoms with E-state index in [-0.39, 0.29) is 31.0 Å². The van der Waals surface area contributed by atoms with Crippen molar-refractivity contribution in [2.24, 2.45) is 0 Å². The van der Waals surface area contributed by atoms with Crippen molar-refractivity contribution < 1.29 is 22.7 Å². The van der Waals surface area contributed by atoms with Crippen LogP contribution in [0.15, 0.2) is 36.4 Å². The number of hydrogen-bond donors (Lipinski definition) is 1.